The van der Waals surface area contributed by atoms with Crippen molar-refractivity contribution in [3.8, 4) is 0 Å². The molecule has 0 aromatic heterocycles. The van der Waals surface area contributed by atoms with Crippen LogP contribution in [0.2, 0.25) is 0 Å². The van der Waals surface area contributed by atoms with Gasteiger partial charge in [0.1, 0.15) is 17.7 Å². The smallest absolute Gasteiger partial charge is 0.305 e. The second-order valence-electron chi connectivity index (χ2n) is 11.8. The molecule has 0 heterocycles. The maximum atomic E-state index is 13.8. The van der Waals surface area contributed by atoms with Crippen LogP contribution >= 0.6 is 0 Å². The summed E-state index contributed by atoms with van der Waals surface area (Å²) in [4.78, 5) is 50.6. The molecule has 4 aliphatic carbocycles. The number of methoxy groups -OCH3 is 1. The van der Waals surface area contributed by atoms with Gasteiger partial charge >= 0.3 is 11.9 Å². The Bertz CT molecular complexity index is 834. The van der Waals surface area contributed by atoms with Gasteiger partial charge in [0.2, 0.25) is 0 Å². The largest absolute Gasteiger partial charge is 0.469 e. The van der Waals surface area contributed by atoms with Gasteiger partial charge < -0.3 is 9.47 Å². The van der Waals surface area contributed by atoms with E-state index in [1.54, 1.807) is 0 Å². The van der Waals surface area contributed by atoms with Crippen LogP contribution < -0.4 is 0 Å². The third kappa shape index (κ3) is 3.95. The van der Waals surface area contributed by atoms with Crippen molar-refractivity contribution < 1.29 is 28.7 Å². The first kappa shape index (κ1) is 24.4. The summed E-state index contributed by atoms with van der Waals surface area (Å²) in [5.74, 6) is 0.945. The maximum Gasteiger partial charge on any atom is 0.305 e. The Morgan fingerprint density at radius 3 is 2.48 bits per heavy atom. The molecule has 0 amide bonds. The van der Waals surface area contributed by atoms with Gasteiger partial charge in [-0.2, -0.15) is 0 Å². The van der Waals surface area contributed by atoms with Gasteiger partial charge in [-0.15, -0.1) is 0 Å². The quantitative estimate of drug-likeness (QED) is 0.561. The molecule has 0 aliphatic heterocycles. The molecule has 6 nitrogen and oxygen atoms in total. The number of ether oxygens (including phenoxy) is 2. The Kier molecular flexibility index (Phi) is 6.52. The fourth-order valence-electron chi connectivity index (χ4n) is 8.55. The van der Waals surface area contributed by atoms with E-state index < -0.39 is 5.41 Å². The molecule has 33 heavy (non-hydrogen) atoms. The van der Waals surface area contributed by atoms with E-state index in [0.29, 0.717) is 37.2 Å². The SMILES string of the molecule is COC(=O)CC[C@@H](C)[C@H]1CC[C@H]2[C@@H]3C(=O)CC4CC(OC(C)=O)CC[C@]4(C)[C@H]3CC(=O)[C@]12C. The molecular weight excluding hydrogens is 420 g/mol. The summed E-state index contributed by atoms with van der Waals surface area (Å²) in [5.41, 5.74) is -0.536. The third-order valence-electron chi connectivity index (χ3n) is 10.4. The molecule has 6 heteroatoms. The second-order valence-corrected chi connectivity index (χ2v) is 11.8. The van der Waals surface area contributed by atoms with E-state index >= 15 is 0 Å². The van der Waals surface area contributed by atoms with Gasteiger partial charge in [0.25, 0.3) is 0 Å². The average molecular weight is 461 g/mol. The zero-order valence-corrected chi connectivity index (χ0v) is 20.9. The van der Waals surface area contributed by atoms with Gasteiger partial charge in [0.05, 0.1) is 7.11 Å². The lowest BCUT2D eigenvalue weighted by molar-refractivity contribution is -0.172. The van der Waals surface area contributed by atoms with Crippen molar-refractivity contribution in [2.75, 3.05) is 7.11 Å². The number of hydrogen-bond donors (Lipinski definition) is 0. The van der Waals surface area contributed by atoms with E-state index in [1.807, 2.05) is 0 Å². The molecule has 0 bridgehead atoms. The van der Waals surface area contributed by atoms with E-state index in [0.717, 1.165) is 32.1 Å². The summed E-state index contributed by atoms with van der Waals surface area (Å²) in [5, 5.41) is 0. The number of esters is 2. The Labute approximate surface area is 197 Å². The van der Waals surface area contributed by atoms with Crippen molar-refractivity contribution >= 4 is 23.5 Å². The van der Waals surface area contributed by atoms with Crippen LogP contribution in [-0.4, -0.2) is 36.7 Å². The Balaban J connectivity index is 1.56. The van der Waals surface area contributed by atoms with E-state index in [9.17, 15) is 19.2 Å². The molecule has 4 aliphatic rings. The van der Waals surface area contributed by atoms with Crippen LogP contribution in [0.1, 0.15) is 85.5 Å². The molecule has 2 unspecified atom stereocenters. The summed E-state index contributed by atoms with van der Waals surface area (Å²) >= 11 is 0. The summed E-state index contributed by atoms with van der Waals surface area (Å²) < 4.78 is 10.3. The first-order valence-electron chi connectivity index (χ1n) is 12.8. The topological polar surface area (TPSA) is 86.7 Å². The lowest BCUT2D eigenvalue weighted by Crippen LogP contribution is -2.60. The normalized spacial score (nSPS) is 43.2. The highest BCUT2D eigenvalue weighted by molar-refractivity contribution is 5.92. The maximum absolute atomic E-state index is 13.8. The monoisotopic (exact) mass is 460 g/mol. The Morgan fingerprint density at radius 1 is 1.09 bits per heavy atom. The van der Waals surface area contributed by atoms with Gasteiger partial charge in [-0.25, -0.2) is 0 Å². The van der Waals surface area contributed by atoms with Crippen LogP contribution in [0, 0.1) is 46.3 Å². The van der Waals surface area contributed by atoms with Crippen LogP contribution in [-0.2, 0) is 28.7 Å². The number of hydrogen-bond acceptors (Lipinski definition) is 6. The van der Waals surface area contributed by atoms with Crippen LogP contribution in [0.25, 0.3) is 0 Å². The molecule has 0 N–H and O–H groups in total. The molecule has 0 aromatic carbocycles. The van der Waals surface area contributed by atoms with Crippen LogP contribution in [0.4, 0.5) is 0 Å². The minimum atomic E-state index is -0.482. The van der Waals surface area contributed by atoms with E-state index in [1.165, 1.54) is 14.0 Å². The van der Waals surface area contributed by atoms with Crippen molar-refractivity contribution in [1.82, 2.24) is 0 Å². The highest BCUT2D eigenvalue weighted by Crippen LogP contribution is 2.66. The minimum Gasteiger partial charge on any atom is -0.469 e. The van der Waals surface area contributed by atoms with Crippen molar-refractivity contribution in [3.63, 3.8) is 0 Å². The van der Waals surface area contributed by atoms with Gasteiger partial charge in [0, 0.05) is 37.5 Å². The number of fused-ring (bicyclic) bond motifs is 5. The molecular formula is C27H40O6. The van der Waals surface area contributed by atoms with Gasteiger partial charge in [-0.05, 0) is 73.5 Å². The number of Topliss-reactive ketones (excluding diaryl/α,β-unsaturated/α-hetero) is 2. The standard InChI is InChI=1S/C27H40O6/c1-15(6-9-24(31)32-5)19-7-8-20-25-21(14-23(30)27(19,20)4)26(3)11-10-18(33-16(2)28)12-17(26)13-22(25)29/h15,17-21,25H,6-14H2,1-5H3/t15-,17?,18?,19-,20+,21+,25+,26+,27-/m1/s1. The van der Waals surface area contributed by atoms with E-state index in [4.69, 9.17) is 9.47 Å². The van der Waals surface area contributed by atoms with Crippen molar-refractivity contribution in [3.05, 3.63) is 0 Å². The first-order valence-corrected chi connectivity index (χ1v) is 12.8. The number of ketones is 2. The molecule has 4 fully saturated rings. The number of carbonyl (C=O) groups is 4. The highest BCUT2D eigenvalue weighted by Gasteiger charge is 2.66. The first-order chi connectivity index (χ1) is 15.5. The Hall–Kier alpha value is -1.72. The van der Waals surface area contributed by atoms with Gasteiger partial charge in [-0.3, -0.25) is 19.2 Å². The number of carbonyl (C=O) groups excluding carboxylic acids is 4. The summed E-state index contributed by atoms with van der Waals surface area (Å²) in [6.07, 6.45) is 6.30. The second kappa shape index (κ2) is 8.81. The molecule has 184 valence electrons. The van der Waals surface area contributed by atoms with Crippen LogP contribution in [0.5, 0.6) is 0 Å². The van der Waals surface area contributed by atoms with Crippen LogP contribution in [0.3, 0.4) is 0 Å². The summed E-state index contributed by atoms with van der Waals surface area (Å²) in [7, 11) is 1.41. The van der Waals surface area contributed by atoms with E-state index in [-0.39, 0.29) is 59.0 Å². The molecule has 0 spiro atoms. The number of rotatable bonds is 5. The molecule has 4 rings (SSSR count). The average Bonchev–Trinajstić information content (AvgIpc) is 3.11. The highest BCUT2D eigenvalue weighted by atomic mass is 16.5. The van der Waals surface area contributed by atoms with Crippen molar-refractivity contribution in [2.24, 2.45) is 46.3 Å². The predicted molar refractivity (Wildman–Crippen MR) is 122 cm³/mol. The van der Waals surface area contributed by atoms with Gasteiger partial charge in [-0.1, -0.05) is 20.8 Å². The molecule has 0 radical (unpaired) electrons. The zero-order chi connectivity index (χ0) is 24.1. The third-order valence-corrected chi connectivity index (χ3v) is 10.4. The Morgan fingerprint density at radius 2 is 1.82 bits per heavy atom. The van der Waals surface area contributed by atoms with Gasteiger partial charge in [0.15, 0.2) is 0 Å². The summed E-state index contributed by atoms with van der Waals surface area (Å²) in [6.45, 7) is 7.99. The molecule has 0 aromatic rings. The van der Waals surface area contributed by atoms with E-state index in [2.05, 4.69) is 20.8 Å². The van der Waals surface area contributed by atoms with Crippen LogP contribution in [0.15, 0.2) is 0 Å². The fourth-order valence-corrected chi connectivity index (χ4v) is 8.55. The molecule has 9 atom stereocenters. The van der Waals surface area contributed by atoms with Crippen molar-refractivity contribution in [1.29, 1.82) is 0 Å². The summed E-state index contributed by atoms with van der Waals surface area (Å²) in [6, 6.07) is 0. The zero-order valence-electron chi connectivity index (χ0n) is 20.9. The van der Waals surface area contributed by atoms with Crippen molar-refractivity contribution in [2.45, 2.75) is 91.6 Å². The molecule has 0 saturated heterocycles. The molecule has 4 saturated carbocycles. The predicted octanol–water partition coefficient (Wildman–Crippen LogP) is 4.52. The lowest BCUT2D eigenvalue weighted by Gasteiger charge is -2.59. The minimum absolute atomic E-state index is 0.0444. The lowest BCUT2D eigenvalue weighted by atomic mass is 9.43. The fraction of sp³-hybridized carbons (Fsp3) is 0.852.